The molecule has 8 N–H and O–H groups in total. The van der Waals surface area contributed by atoms with Gasteiger partial charge in [0.05, 0.1) is 34.0 Å². The summed E-state index contributed by atoms with van der Waals surface area (Å²) < 4.78 is 0. The molecule has 0 saturated heterocycles. The molecule has 0 aliphatic heterocycles. The minimum absolute atomic E-state index is 0.0285. The van der Waals surface area contributed by atoms with Crippen LogP contribution in [0.1, 0.15) is 23.5 Å². The first-order valence-corrected chi connectivity index (χ1v) is 11.1. The highest BCUT2D eigenvalue weighted by Crippen LogP contribution is 2.47. The topological polar surface area (TPSA) is 194 Å². The molecular formula is C24H18Cl2N4O6. The van der Waals surface area contributed by atoms with Gasteiger partial charge in [-0.3, -0.25) is 15.0 Å². The van der Waals surface area contributed by atoms with Gasteiger partial charge >= 0.3 is 11.9 Å². The summed E-state index contributed by atoms with van der Waals surface area (Å²) in [5, 5.41) is 48.5. The van der Waals surface area contributed by atoms with Crippen LogP contribution in [-0.2, 0) is 9.59 Å². The largest absolute Gasteiger partial charge is 0.507 e. The summed E-state index contributed by atoms with van der Waals surface area (Å²) in [5.41, 5.74) is 6.90. The number of nitrogens with zero attached hydrogens (tertiary/aromatic N) is 1. The SMILES string of the molecule is N=C(N)c1ccc2[nH]c(-c3cc(C(CC(=O)O)C(=O)O)cc(-c4c(O)cc(Cl)cc4Cl)c3O)nc2c1. The lowest BCUT2D eigenvalue weighted by Gasteiger charge is -2.17. The van der Waals surface area contributed by atoms with Crippen molar-refractivity contribution in [2.45, 2.75) is 12.3 Å². The zero-order chi connectivity index (χ0) is 26.3. The Balaban J connectivity index is 2.02. The molecule has 1 atom stereocenters. The zero-order valence-corrected chi connectivity index (χ0v) is 19.7. The van der Waals surface area contributed by atoms with Gasteiger partial charge in [-0.15, -0.1) is 0 Å². The number of imidazole rings is 1. The average Bonchev–Trinajstić information content (AvgIpc) is 3.20. The van der Waals surface area contributed by atoms with Crippen molar-refractivity contribution in [3.63, 3.8) is 0 Å². The van der Waals surface area contributed by atoms with E-state index in [4.69, 9.17) is 34.3 Å². The summed E-state index contributed by atoms with van der Waals surface area (Å²) in [4.78, 5) is 30.8. The van der Waals surface area contributed by atoms with E-state index in [1.807, 2.05) is 0 Å². The smallest absolute Gasteiger partial charge is 0.311 e. The summed E-state index contributed by atoms with van der Waals surface area (Å²) in [5.74, 6) is -5.05. The number of fused-ring (bicyclic) bond motifs is 1. The number of hydrogen-bond acceptors (Lipinski definition) is 6. The van der Waals surface area contributed by atoms with Crippen LogP contribution in [-0.4, -0.2) is 48.2 Å². The Morgan fingerprint density at radius 2 is 1.75 bits per heavy atom. The van der Waals surface area contributed by atoms with E-state index >= 15 is 0 Å². The van der Waals surface area contributed by atoms with Crippen LogP contribution >= 0.6 is 23.2 Å². The monoisotopic (exact) mass is 528 g/mol. The predicted octanol–water partition coefficient (Wildman–Crippen LogP) is 4.54. The minimum atomic E-state index is -1.48. The third-order valence-corrected chi connectivity index (χ3v) is 6.08. The first-order chi connectivity index (χ1) is 17.0. The molecule has 4 rings (SSSR count). The van der Waals surface area contributed by atoms with Crippen LogP contribution in [0.3, 0.4) is 0 Å². The standard InChI is InChI=1S/C24H18Cl2N4O6/c25-11-6-15(26)20(18(31)7-11)13-3-10(12(24(35)36)8-19(32)33)4-14(21(13)34)23-29-16-2-1-9(22(27)28)5-17(16)30-23/h1-7,12,31,34H,8H2,(H3,27,28)(H,29,30)(H,32,33)(H,35,36). The second-order valence-electron chi connectivity index (χ2n) is 7.97. The quantitative estimate of drug-likeness (QED) is 0.134. The van der Waals surface area contributed by atoms with Gasteiger partial charge in [-0.1, -0.05) is 23.2 Å². The number of nitrogens with two attached hydrogens (primary N) is 1. The molecule has 10 nitrogen and oxygen atoms in total. The molecule has 12 heteroatoms. The minimum Gasteiger partial charge on any atom is -0.507 e. The molecule has 1 unspecified atom stereocenters. The van der Waals surface area contributed by atoms with Crippen molar-refractivity contribution in [1.82, 2.24) is 9.97 Å². The Morgan fingerprint density at radius 1 is 1.06 bits per heavy atom. The number of phenols is 2. The van der Waals surface area contributed by atoms with E-state index in [-0.39, 0.29) is 49.7 Å². The van der Waals surface area contributed by atoms with Crippen molar-refractivity contribution >= 4 is 52.0 Å². The Labute approximate surface area is 213 Å². The fourth-order valence-corrected chi connectivity index (χ4v) is 4.46. The van der Waals surface area contributed by atoms with Gasteiger partial charge in [0.25, 0.3) is 0 Å². The van der Waals surface area contributed by atoms with E-state index < -0.39 is 30.0 Å². The van der Waals surface area contributed by atoms with Crippen LogP contribution in [0.4, 0.5) is 0 Å². The van der Waals surface area contributed by atoms with Gasteiger partial charge in [0.2, 0.25) is 0 Å². The molecule has 0 spiro atoms. The second-order valence-corrected chi connectivity index (χ2v) is 8.81. The second kappa shape index (κ2) is 9.40. The maximum absolute atomic E-state index is 12.0. The van der Waals surface area contributed by atoms with Gasteiger partial charge in [-0.2, -0.15) is 0 Å². The number of rotatable bonds is 7. The number of nitrogens with one attached hydrogen (secondary N) is 2. The highest BCUT2D eigenvalue weighted by Gasteiger charge is 2.28. The summed E-state index contributed by atoms with van der Waals surface area (Å²) in [6.45, 7) is 0. The van der Waals surface area contributed by atoms with E-state index in [9.17, 15) is 30.0 Å². The number of nitrogen functional groups attached to an aromatic ring is 1. The summed E-state index contributed by atoms with van der Waals surface area (Å²) in [7, 11) is 0. The predicted molar refractivity (Wildman–Crippen MR) is 134 cm³/mol. The molecule has 0 aliphatic rings. The maximum Gasteiger partial charge on any atom is 0.311 e. The van der Waals surface area contributed by atoms with Gasteiger partial charge in [0, 0.05) is 21.7 Å². The third kappa shape index (κ3) is 4.64. The molecule has 0 radical (unpaired) electrons. The maximum atomic E-state index is 12.0. The van der Waals surface area contributed by atoms with E-state index in [1.165, 1.54) is 24.3 Å². The fourth-order valence-electron chi connectivity index (χ4n) is 3.88. The molecular weight excluding hydrogens is 511 g/mol. The zero-order valence-electron chi connectivity index (χ0n) is 18.2. The first-order valence-electron chi connectivity index (χ1n) is 10.3. The Hall–Kier alpha value is -4.28. The van der Waals surface area contributed by atoms with Gasteiger partial charge < -0.3 is 31.1 Å². The molecule has 0 fully saturated rings. The van der Waals surface area contributed by atoms with Crippen LogP contribution in [0.5, 0.6) is 11.5 Å². The number of aliphatic carboxylic acids is 2. The number of carboxylic acid groups (broad SMARTS) is 2. The normalized spacial score (nSPS) is 11.9. The molecule has 0 aliphatic carbocycles. The number of aromatic amines is 1. The highest BCUT2D eigenvalue weighted by molar-refractivity contribution is 6.37. The number of carboxylic acids is 2. The van der Waals surface area contributed by atoms with Crippen molar-refractivity contribution in [3.05, 3.63) is 63.6 Å². The average molecular weight is 529 g/mol. The molecule has 3 aromatic carbocycles. The van der Waals surface area contributed by atoms with Crippen LogP contribution < -0.4 is 5.73 Å². The van der Waals surface area contributed by atoms with Gasteiger partial charge in [-0.25, -0.2) is 4.98 Å². The molecule has 1 aromatic heterocycles. The number of hydrogen-bond donors (Lipinski definition) is 7. The molecule has 0 amide bonds. The molecule has 0 bridgehead atoms. The van der Waals surface area contributed by atoms with Crippen molar-refractivity contribution in [1.29, 1.82) is 5.41 Å². The van der Waals surface area contributed by atoms with Crippen LogP contribution in [0.2, 0.25) is 10.0 Å². The summed E-state index contributed by atoms with van der Waals surface area (Å²) >= 11 is 12.3. The molecule has 4 aromatic rings. The first kappa shape index (κ1) is 24.8. The van der Waals surface area contributed by atoms with Gasteiger partial charge in [0.1, 0.15) is 23.2 Å². The van der Waals surface area contributed by atoms with E-state index in [0.29, 0.717) is 16.6 Å². The van der Waals surface area contributed by atoms with Crippen LogP contribution in [0.25, 0.3) is 33.5 Å². The Kier molecular flexibility index (Phi) is 6.49. The number of halogens is 2. The summed E-state index contributed by atoms with van der Waals surface area (Å²) in [6.07, 6.45) is -0.735. The van der Waals surface area contributed by atoms with Crippen molar-refractivity contribution in [2.75, 3.05) is 0 Å². The highest BCUT2D eigenvalue weighted by atomic mass is 35.5. The number of benzene rings is 3. The molecule has 1 heterocycles. The van der Waals surface area contributed by atoms with Crippen molar-refractivity contribution in [2.24, 2.45) is 5.73 Å². The third-order valence-electron chi connectivity index (χ3n) is 5.56. The lowest BCUT2D eigenvalue weighted by molar-refractivity contribution is -0.145. The molecule has 184 valence electrons. The number of carbonyl (C=O) groups is 2. The Bertz CT molecular complexity index is 1540. The van der Waals surface area contributed by atoms with E-state index in [1.54, 1.807) is 18.2 Å². The van der Waals surface area contributed by atoms with Gasteiger partial charge in [0.15, 0.2) is 0 Å². The van der Waals surface area contributed by atoms with Crippen molar-refractivity contribution < 1.29 is 30.0 Å². The lowest BCUT2D eigenvalue weighted by atomic mass is 9.89. The molecule has 36 heavy (non-hydrogen) atoms. The number of H-pyrrole nitrogens is 1. The van der Waals surface area contributed by atoms with Gasteiger partial charge in [-0.05, 0) is 48.0 Å². The Morgan fingerprint density at radius 3 is 2.36 bits per heavy atom. The fraction of sp³-hybridized carbons (Fsp3) is 0.0833. The number of phenolic OH excluding ortho intramolecular Hbond substituents is 2. The number of amidine groups is 1. The van der Waals surface area contributed by atoms with E-state index in [0.717, 1.165) is 0 Å². The van der Waals surface area contributed by atoms with Crippen LogP contribution in [0.15, 0.2) is 42.5 Å². The van der Waals surface area contributed by atoms with E-state index in [2.05, 4.69) is 9.97 Å². The number of aromatic nitrogens is 2. The van der Waals surface area contributed by atoms with Crippen molar-refractivity contribution in [3.8, 4) is 34.0 Å². The van der Waals surface area contributed by atoms with Crippen LogP contribution in [0, 0.1) is 5.41 Å². The summed E-state index contributed by atoms with van der Waals surface area (Å²) in [6, 6.07) is 9.90. The molecule has 0 saturated carbocycles. The number of aromatic hydroxyl groups is 2. The lowest BCUT2D eigenvalue weighted by Crippen LogP contribution is -2.16.